The van der Waals surface area contributed by atoms with Gasteiger partial charge >= 0.3 is 5.97 Å². The molecule has 1 heterocycles. The molecule has 1 N–H and O–H groups in total. The van der Waals surface area contributed by atoms with Crippen LogP contribution in [0.25, 0.3) is 11.3 Å². The second-order valence-electron chi connectivity index (χ2n) is 5.35. The number of esters is 1. The van der Waals surface area contributed by atoms with E-state index in [1.54, 1.807) is 31.3 Å². The van der Waals surface area contributed by atoms with Crippen LogP contribution >= 0.6 is 11.6 Å². The van der Waals surface area contributed by atoms with Crippen molar-refractivity contribution in [3.05, 3.63) is 77.0 Å². The van der Waals surface area contributed by atoms with Gasteiger partial charge in [-0.05, 0) is 43.3 Å². The van der Waals surface area contributed by atoms with Gasteiger partial charge in [-0.1, -0.05) is 35.9 Å². The molecule has 5 nitrogen and oxygen atoms in total. The molecule has 0 aliphatic heterocycles. The summed E-state index contributed by atoms with van der Waals surface area (Å²) in [5.74, 6) is 0.936. The van der Waals surface area contributed by atoms with Gasteiger partial charge in [0.05, 0.1) is 29.1 Å². The number of nitrogens with one attached hydrogen (secondary N) is 1. The van der Waals surface area contributed by atoms with Gasteiger partial charge in [-0.15, -0.1) is 0 Å². The van der Waals surface area contributed by atoms with Crippen molar-refractivity contribution in [2.45, 2.75) is 6.92 Å². The highest BCUT2D eigenvalue weighted by atomic mass is 35.5. The summed E-state index contributed by atoms with van der Waals surface area (Å²) in [6, 6.07) is 18.0. The Morgan fingerprint density at radius 3 is 2.65 bits per heavy atom. The summed E-state index contributed by atoms with van der Waals surface area (Å²) < 4.78 is 10.7. The molecule has 0 unspecified atom stereocenters. The standard InChI is InChI=1S/C20H17ClN2O3/c1-2-25-20(24)15-9-7-14(8-10-15)19-12-11-16(26-19)13-22-23-18-6-4-3-5-17(18)21/h3-13,23H,2H2,1H3/b22-13-. The molecule has 0 saturated carbocycles. The SMILES string of the molecule is CCOC(=O)c1ccc(-c2ccc(/C=N\Nc3ccccc3Cl)o2)cc1. The molecular weight excluding hydrogens is 352 g/mol. The fraction of sp³-hybridized carbons (Fsp3) is 0.100. The third kappa shape index (κ3) is 4.32. The maximum absolute atomic E-state index is 11.7. The number of anilines is 1. The first-order chi connectivity index (χ1) is 12.7. The zero-order chi connectivity index (χ0) is 18.4. The molecule has 0 atom stereocenters. The number of nitrogens with zero attached hydrogens (tertiary/aromatic N) is 1. The summed E-state index contributed by atoms with van der Waals surface area (Å²) in [6.45, 7) is 2.13. The zero-order valence-corrected chi connectivity index (χ0v) is 14.9. The quantitative estimate of drug-likeness (QED) is 0.368. The van der Waals surface area contributed by atoms with E-state index in [0.717, 1.165) is 5.56 Å². The molecule has 0 aliphatic rings. The zero-order valence-electron chi connectivity index (χ0n) is 14.1. The van der Waals surface area contributed by atoms with Gasteiger partial charge in [0.2, 0.25) is 0 Å². The van der Waals surface area contributed by atoms with E-state index in [9.17, 15) is 4.79 Å². The van der Waals surface area contributed by atoms with Crippen LogP contribution in [0.4, 0.5) is 5.69 Å². The molecule has 26 heavy (non-hydrogen) atoms. The Morgan fingerprint density at radius 1 is 1.15 bits per heavy atom. The Labute approximate surface area is 156 Å². The lowest BCUT2D eigenvalue weighted by atomic mass is 10.1. The fourth-order valence-corrected chi connectivity index (χ4v) is 2.46. The van der Waals surface area contributed by atoms with Crippen LogP contribution in [0, 0.1) is 0 Å². The molecule has 0 saturated heterocycles. The fourth-order valence-electron chi connectivity index (χ4n) is 2.28. The molecular formula is C20H17ClN2O3. The molecule has 2 aromatic carbocycles. The second-order valence-corrected chi connectivity index (χ2v) is 5.76. The van der Waals surface area contributed by atoms with E-state index >= 15 is 0 Å². The smallest absolute Gasteiger partial charge is 0.338 e. The first-order valence-corrected chi connectivity index (χ1v) is 8.46. The Bertz CT molecular complexity index is 917. The molecule has 3 rings (SSSR count). The minimum Gasteiger partial charge on any atom is -0.462 e. The van der Waals surface area contributed by atoms with E-state index in [1.807, 2.05) is 42.5 Å². The summed E-state index contributed by atoms with van der Waals surface area (Å²) in [5.41, 5.74) is 4.95. The van der Waals surface area contributed by atoms with Crippen molar-refractivity contribution in [3.63, 3.8) is 0 Å². The lowest BCUT2D eigenvalue weighted by Crippen LogP contribution is -2.03. The molecule has 0 aliphatic carbocycles. The molecule has 132 valence electrons. The molecule has 0 amide bonds. The molecule has 3 aromatic rings. The second kappa shape index (κ2) is 8.36. The number of hydrogen-bond donors (Lipinski definition) is 1. The number of para-hydroxylation sites is 1. The van der Waals surface area contributed by atoms with Crippen LogP contribution in [0.5, 0.6) is 0 Å². The molecule has 0 bridgehead atoms. The van der Waals surface area contributed by atoms with Crippen molar-refractivity contribution >= 4 is 29.5 Å². The monoisotopic (exact) mass is 368 g/mol. The number of carbonyl (C=O) groups is 1. The van der Waals surface area contributed by atoms with Crippen molar-refractivity contribution in [2.75, 3.05) is 12.0 Å². The molecule has 0 spiro atoms. The Hall–Kier alpha value is -3.05. The normalized spacial score (nSPS) is 10.8. The summed E-state index contributed by atoms with van der Waals surface area (Å²) in [4.78, 5) is 11.7. The van der Waals surface area contributed by atoms with Crippen molar-refractivity contribution in [3.8, 4) is 11.3 Å². The van der Waals surface area contributed by atoms with Crippen LogP contribution < -0.4 is 5.43 Å². The minimum atomic E-state index is -0.336. The highest BCUT2D eigenvalue weighted by molar-refractivity contribution is 6.33. The number of furan rings is 1. The van der Waals surface area contributed by atoms with Crippen LogP contribution in [0.15, 0.2) is 70.2 Å². The third-order valence-electron chi connectivity index (χ3n) is 3.56. The largest absolute Gasteiger partial charge is 0.462 e. The highest BCUT2D eigenvalue weighted by Gasteiger charge is 2.08. The Balaban J connectivity index is 1.67. The number of halogens is 1. The highest BCUT2D eigenvalue weighted by Crippen LogP contribution is 2.23. The van der Waals surface area contributed by atoms with Gasteiger partial charge < -0.3 is 9.15 Å². The first kappa shape index (κ1) is 17.8. The van der Waals surface area contributed by atoms with Crippen LogP contribution in [-0.4, -0.2) is 18.8 Å². The van der Waals surface area contributed by atoms with Gasteiger partial charge in [0.25, 0.3) is 0 Å². The first-order valence-electron chi connectivity index (χ1n) is 8.08. The van der Waals surface area contributed by atoms with Gasteiger partial charge in [0.1, 0.15) is 11.5 Å². The van der Waals surface area contributed by atoms with E-state index in [-0.39, 0.29) is 5.97 Å². The number of benzene rings is 2. The van der Waals surface area contributed by atoms with E-state index in [4.69, 9.17) is 20.8 Å². The number of hydrogen-bond acceptors (Lipinski definition) is 5. The van der Waals surface area contributed by atoms with Gasteiger partial charge in [-0.3, -0.25) is 5.43 Å². The topological polar surface area (TPSA) is 63.8 Å². The van der Waals surface area contributed by atoms with Crippen LogP contribution in [0.1, 0.15) is 23.0 Å². The minimum absolute atomic E-state index is 0.336. The summed E-state index contributed by atoms with van der Waals surface area (Å²) >= 11 is 6.05. The maximum Gasteiger partial charge on any atom is 0.338 e. The lowest BCUT2D eigenvalue weighted by Gasteiger charge is -2.02. The van der Waals surface area contributed by atoms with Gasteiger partial charge in [0.15, 0.2) is 0 Å². The number of ether oxygens (including phenoxy) is 1. The van der Waals surface area contributed by atoms with Crippen molar-refractivity contribution in [1.29, 1.82) is 0 Å². The Kier molecular flexibility index (Phi) is 5.71. The number of rotatable bonds is 6. The average molecular weight is 369 g/mol. The van der Waals surface area contributed by atoms with Gasteiger partial charge in [-0.2, -0.15) is 5.10 Å². The van der Waals surface area contributed by atoms with E-state index in [1.165, 1.54) is 0 Å². The van der Waals surface area contributed by atoms with Gasteiger partial charge in [-0.25, -0.2) is 4.79 Å². The van der Waals surface area contributed by atoms with Crippen LogP contribution in [0.3, 0.4) is 0 Å². The molecule has 0 fully saturated rings. The molecule has 0 radical (unpaired) electrons. The third-order valence-corrected chi connectivity index (χ3v) is 3.89. The maximum atomic E-state index is 11.7. The summed E-state index contributed by atoms with van der Waals surface area (Å²) in [6.07, 6.45) is 1.57. The summed E-state index contributed by atoms with van der Waals surface area (Å²) in [7, 11) is 0. The van der Waals surface area contributed by atoms with Crippen LogP contribution in [0.2, 0.25) is 5.02 Å². The molecule has 1 aromatic heterocycles. The Morgan fingerprint density at radius 2 is 1.92 bits per heavy atom. The predicted octanol–water partition coefficient (Wildman–Crippen LogP) is 5.22. The van der Waals surface area contributed by atoms with Crippen LogP contribution in [-0.2, 0) is 4.74 Å². The lowest BCUT2D eigenvalue weighted by molar-refractivity contribution is 0.0526. The van der Waals surface area contributed by atoms with E-state index in [2.05, 4.69) is 10.5 Å². The number of hydrazone groups is 1. The van der Waals surface area contributed by atoms with Gasteiger partial charge in [0, 0.05) is 5.56 Å². The van der Waals surface area contributed by atoms with E-state index in [0.29, 0.717) is 34.4 Å². The average Bonchev–Trinajstić information content (AvgIpc) is 3.13. The molecule has 6 heteroatoms. The van der Waals surface area contributed by atoms with Crippen molar-refractivity contribution in [1.82, 2.24) is 0 Å². The predicted molar refractivity (Wildman–Crippen MR) is 103 cm³/mol. The van der Waals surface area contributed by atoms with Crippen molar-refractivity contribution < 1.29 is 13.9 Å². The summed E-state index contributed by atoms with van der Waals surface area (Å²) in [5, 5.41) is 4.71. The van der Waals surface area contributed by atoms with Crippen molar-refractivity contribution in [2.24, 2.45) is 5.10 Å². The number of carbonyl (C=O) groups excluding carboxylic acids is 1. The van der Waals surface area contributed by atoms with E-state index < -0.39 is 0 Å².